The number of benzene rings is 1. The van der Waals surface area contributed by atoms with Gasteiger partial charge in [-0.1, -0.05) is 37.3 Å². The second kappa shape index (κ2) is 8.60. The van der Waals surface area contributed by atoms with Crippen LogP contribution in [0.5, 0.6) is 0 Å². The van der Waals surface area contributed by atoms with Gasteiger partial charge in [0.2, 0.25) is 0 Å². The van der Waals surface area contributed by atoms with E-state index < -0.39 is 0 Å². The predicted octanol–water partition coefficient (Wildman–Crippen LogP) is 5.05. The molecule has 0 saturated carbocycles. The van der Waals surface area contributed by atoms with Crippen LogP contribution in [0.1, 0.15) is 30.2 Å². The molecule has 0 aliphatic carbocycles. The van der Waals surface area contributed by atoms with E-state index in [1.807, 2.05) is 11.3 Å². The second-order valence-corrected chi connectivity index (χ2v) is 7.63. The Hall–Kier alpha value is -0.640. The molecule has 0 amide bonds. The highest BCUT2D eigenvalue weighted by Crippen LogP contribution is 2.24. The van der Waals surface area contributed by atoms with Crippen LogP contribution in [-0.2, 0) is 12.8 Å². The maximum Gasteiger partial charge on any atom is 0.0701 e. The van der Waals surface area contributed by atoms with Crippen LogP contribution in [0.2, 0.25) is 0 Å². The van der Waals surface area contributed by atoms with Crippen molar-refractivity contribution >= 4 is 27.3 Å². The first-order valence-electron chi connectivity index (χ1n) is 7.29. The third-order valence-electron chi connectivity index (χ3n) is 3.38. The highest BCUT2D eigenvalue weighted by atomic mass is 79.9. The fraction of sp³-hybridized carbons (Fsp3) is 0.412. The molecule has 1 heterocycles. The summed E-state index contributed by atoms with van der Waals surface area (Å²) in [7, 11) is 0. The SMILES string of the molecule is CCCNC(CCc1ccccc1)Cc1ccc(Br)s1. The van der Waals surface area contributed by atoms with Crippen molar-refractivity contribution in [1.82, 2.24) is 5.32 Å². The van der Waals surface area contributed by atoms with Crippen molar-refractivity contribution in [3.63, 3.8) is 0 Å². The summed E-state index contributed by atoms with van der Waals surface area (Å²) in [6, 6.07) is 15.7. The monoisotopic (exact) mass is 351 g/mol. The van der Waals surface area contributed by atoms with Crippen molar-refractivity contribution in [2.75, 3.05) is 6.54 Å². The molecule has 0 bridgehead atoms. The van der Waals surface area contributed by atoms with Crippen LogP contribution in [0.3, 0.4) is 0 Å². The molecule has 1 nitrogen and oxygen atoms in total. The highest BCUT2D eigenvalue weighted by Gasteiger charge is 2.10. The Morgan fingerprint density at radius 1 is 1.15 bits per heavy atom. The van der Waals surface area contributed by atoms with Crippen molar-refractivity contribution in [2.24, 2.45) is 0 Å². The Kier molecular flexibility index (Phi) is 6.77. The minimum atomic E-state index is 0.570. The fourth-order valence-electron chi connectivity index (χ4n) is 2.31. The average Bonchev–Trinajstić information content (AvgIpc) is 2.88. The van der Waals surface area contributed by atoms with Gasteiger partial charge in [-0.3, -0.25) is 0 Å². The molecule has 20 heavy (non-hydrogen) atoms. The first kappa shape index (κ1) is 15.7. The molecule has 0 radical (unpaired) electrons. The predicted molar refractivity (Wildman–Crippen MR) is 92.6 cm³/mol. The van der Waals surface area contributed by atoms with Crippen molar-refractivity contribution in [3.05, 3.63) is 56.7 Å². The van der Waals surface area contributed by atoms with Gasteiger partial charge in [-0.25, -0.2) is 0 Å². The number of nitrogens with one attached hydrogen (secondary N) is 1. The molecule has 1 aromatic carbocycles. The van der Waals surface area contributed by atoms with Gasteiger partial charge in [0.15, 0.2) is 0 Å². The lowest BCUT2D eigenvalue weighted by atomic mass is 10.0. The van der Waals surface area contributed by atoms with Crippen LogP contribution < -0.4 is 5.32 Å². The molecule has 0 fully saturated rings. The molecule has 1 N–H and O–H groups in total. The average molecular weight is 352 g/mol. The molecule has 1 aromatic heterocycles. The normalized spacial score (nSPS) is 12.5. The zero-order valence-electron chi connectivity index (χ0n) is 11.9. The summed E-state index contributed by atoms with van der Waals surface area (Å²) in [4.78, 5) is 1.46. The summed E-state index contributed by atoms with van der Waals surface area (Å²) in [5.41, 5.74) is 1.43. The summed E-state index contributed by atoms with van der Waals surface area (Å²) in [6.45, 7) is 3.33. The van der Waals surface area contributed by atoms with Gasteiger partial charge in [0.05, 0.1) is 3.79 Å². The minimum absolute atomic E-state index is 0.570. The highest BCUT2D eigenvalue weighted by molar-refractivity contribution is 9.11. The molecule has 3 heteroatoms. The minimum Gasteiger partial charge on any atom is -0.314 e. The molecule has 0 aliphatic rings. The lowest BCUT2D eigenvalue weighted by Crippen LogP contribution is -2.32. The molecule has 1 unspecified atom stereocenters. The molecule has 1 atom stereocenters. The maximum absolute atomic E-state index is 3.69. The molecule has 2 aromatic rings. The van der Waals surface area contributed by atoms with E-state index in [0.29, 0.717) is 6.04 Å². The maximum atomic E-state index is 3.69. The van der Waals surface area contributed by atoms with E-state index in [2.05, 4.69) is 70.6 Å². The molecule has 2 rings (SSSR count). The summed E-state index contributed by atoms with van der Waals surface area (Å²) in [6.07, 6.45) is 4.66. The van der Waals surface area contributed by atoms with Gasteiger partial charge in [0.25, 0.3) is 0 Å². The van der Waals surface area contributed by atoms with Crippen molar-refractivity contribution < 1.29 is 0 Å². The number of hydrogen-bond acceptors (Lipinski definition) is 2. The standard InChI is InChI=1S/C17H22BrNS/c1-2-12-19-15(13-16-10-11-17(18)20-16)9-8-14-6-4-3-5-7-14/h3-7,10-11,15,19H,2,8-9,12-13H2,1H3. The molecular weight excluding hydrogens is 330 g/mol. The third kappa shape index (κ3) is 5.39. The van der Waals surface area contributed by atoms with Gasteiger partial charge in [-0.2, -0.15) is 0 Å². The van der Waals surface area contributed by atoms with E-state index in [1.54, 1.807) is 0 Å². The van der Waals surface area contributed by atoms with Crippen molar-refractivity contribution in [2.45, 2.75) is 38.6 Å². The number of aryl methyl sites for hydroxylation is 1. The zero-order chi connectivity index (χ0) is 14.2. The van der Waals surface area contributed by atoms with Crippen LogP contribution in [0.4, 0.5) is 0 Å². The number of thiophene rings is 1. The molecule has 0 saturated heterocycles. The van der Waals surface area contributed by atoms with Crippen LogP contribution in [0.15, 0.2) is 46.3 Å². The van der Waals surface area contributed by atoms with E-state index >= 15 is 0 Å². The van der Waals surface area contributed by atoms with Crippen LogP contribution in [0, 0.1) is 0 Å². The number of rotatable bonds is 8. The number of hydrogen-bond donors (Lipinski definition) is 1. The first-order chi connectivity index (χ1) is 9.78. The first-order valence-corrected chi connectivity index (χ1v) is 8.90. The number of halogens is 1. The molecule has 108 valence electrons. The zero-order valence-corrected chi connectivity index (χ0v) is 14.3. The van der Waals surface area contributed by atoms with E-state index in [0.717, 1.165) is 19.4 Å². The second-order valence-electron chi connectivity index (χ2n) is 5.09. The third-order valence-corrected chi connectivity index (χ3v) is 5.03. The van der Waals surface area contributed by atoms with Gasteiger partial charge < -0.3 is 5.32 Å². The largest absolute Gasteiger partial charge is 0.314 e. The van der Waals surface area contributed by atoms with Gasteiger partial charge in [0.1, 0.15) is 0 Å². The lowest BCUT2D eigenvalue weighted by Gasteiger charge is -2.18. The van der Waals surface area contributed by atoms with Crippen molar-refractivity contribution in [3.8, 4) is 0 Å². The Bertz CT molecular complexity index is 495. The van der Waals surface area contributed by atoms with Crippen LogP contribution in [-0.4, -0.2) is 12.6 Å². The fourth-order valence-corrected chi connectivity index (χ4v) is 3.88. The van der Waals surface area contributed by atoms with E-state index in [1.165, 1.54) is 27.1 Å². The van der Waals surface area contributed by atoms with E-state index in [-0.39, 0.29) is 0 Å². The van der Waals surface area contributed by atoms with Gasteiger partial charge in [-0.15, -0.1) is 11.3 Å². The smallest absolute Gasteiger partial charge is 0.0701 e. The summed E-state index contributed by atoms with van der Waals surface area (Å²) < 4.78 is 1.23. The Labute approximate surface area is 134 Å². The summed E-state index contributed by atoms with van der Waals surface area (Å²) in [5.74, 6) is 0. The van der Waals surface area contributed by atoms with Gasteiger partial charge >= 0.3 is 0 Å². The van der Waals surface area contributed by atoms with E-state index in [9.17, 15) is 0 Å². The molecular formula is C17H22BrNS. The van der Waals surface area contributed by atoms with Gasteiger partial charge in [-0.05, 0) is 65.9 Å². The molecule has 0 spiro atoms. The molecule has 0 aliphatic heterocycles. The lowest BCUT2D eigenvalue weighted by molar-refractivity contribution is 0.480. The van der Waals surface area contributed by atoms with Gasteiger partial charge in [0, 0.05) is 10.9 Å². The van der Waals surface area contributed by atoms with Crippen molar-refractivity contribution in [1.29, 1.82) is 0 Å². The quantitative estimate of drug-likeness (QED) is 0.701. The summed E-state index contributed by atoms with van der Waals surface area (Å²) in [5, 5.41) is 3.69. The van der Waals surface area contributed by atoms with Crippen LogP contribution >= 0.6 is 27.3 Å². The Morgan fingerprint density at radius 2 is 1.95 bits per heavy atom. The van der Waals surface area contributed by atoms with Crippen LogP contribution in [0.25, 0.3) is 0 Å². The summed E-state index contributed by atoms with van der Waals surface area (Å²) >= 11 is 5.40. The topological polar surface area (TPSA) is 12.0 Å². The Balaban J connectivity index is 1.89. The van der Waals surface area contributed by atoms with E-state index in [4.69, 9.17) is 0 Å². The Morgan fingerprint density at radius 3 is 2.60 bits per heavy atom.